The summed E-state index contributed by atoms with van der Waals surface area (Å²) in [5, 5.41) is 0.00796. The van der Waals surface area contributed by atoms with E-state index in [1.807, 2.05) is 0 Å². The van der Waals surface area contributed by atoms with Gasteiger partial charge in [-0.1, -0.05) is 23.8 Å². The Hall–Kier alpha value is -1.56. The number of aliphatic imine (C=N–C) groups is 2. The second-order valence-corrected chi connectivity index (χ2v) is 5.58. The SMILES string of the molecule is O=C1C=C(CCCC2C=C2)C2C(Cl)=NC(C(F)F)=NC2O1. The van der Waals surface area contributed by atoms with Crippen LogP contribution in [0, 0.1) is 11.8 Å². The lowest BCUT2D eigenvalue weighted by atomic mass is 9.90. The molecule has 1 aliphatic carbocycles. The van der Waals surface area contributed by atoms with E-state index >= 15 is 0 Å². The van der Waals surface area contributed by atoms with Crippen LogP contribution in [0.25, 0.3) is 0 Å². The third-order valence-electron chi connectivity index (χ3n) is 3.62. The zero-order chi connectivity index (χ0) is 15.0. The second kappa shape index (κ2) is 5.67. The monoisotopic (exact) mass is 314 g/mol. The van der Waals surface area contributed by atoms with Gasteiger partial charge in [-0.05, 0) is 30.8 Å². The molecule has 7 heteroatoms. The van der Waals surface area contributed by atoms with Gasteiger partial charge < -0.3 is 4.74 Å². The molecular formula is C14H13ClF2N2O2. The Morgan fingerprint density at radius 1 is 1.38 bits per heavy atom. The molecule has 0 fully saturated rings. The van der Waals surface area contributed by atoms with Crippen LogP contribution in [0.3, 0.4) is 0 Å². The van der Waals surface area contributed by atoms with E-state index in [1.165, 1.54) is 6.08 Å². The molecule has 0 aromatic heterocycles. The van der Waals surface area contributed by atoms with Gasteiger partial charge in [0.15, 0.2) is 5.84 Å². The van der Waals surface area contributed by atoms with Crippen molar-refractivity contribution in [1.29, 1.82) is 0 Å². The average molecular weight is 315 g/mol. The van der Waals surface area contributed by atoms with E-state index in [0.717, 1.165) is 18.4 Å². The van der Waals surface area contributed by atoms with Gasteiger partial charge >= 0.3 is 5.97 Å². The van der Waals surface area contributed by atoms with E-state index in [1.54, 1.807) is 0 Å². The number of carbonyl (C=O) groups excluding carboxylic acids is 1. The van der Waals surface area contributed by atoms with Crippen LogP contribution in [-0.2, 0) is 9.53 Å². The lowest BCUT2D eigenvalue weighted by molar-refractivity contribution is -0.145. The maximum absolute atomic E-state index is 12.7. The van der Waals surface area contributed by atoms with Crippen molar-refractivity contribution in [2.24, 2.45) is 21.8 Å². The van der Waals surface area contributed by atoms with Gasteiger partial charge in [0.05, 0.1) is 5.92 Å². The first kappa shape index (κ1) is 14.4. The van der Waals surface area contributed by atoms with Gasteiger partial charge in [-0.15, -0.1) is 0 Å². The highest BCUT2D eigenvalue weighted by atomic mass is 35.5. The molecule has 0 aromatic carbocycles. The van der Waals surface area contributed by atoms with Crippen LogP contribution in [0.4, 0.5) is 8.78 Å². The molecule has 2 unspecified atom stereocenters. The summed E-state index contributed by atoms with van der Waals surface area (Å²) in [6, 6.07) is 0. The summed E-state index contributed by atoms with van der Waals surface area (Å²) in [6.07, 6.45) is 4.28. The van der Waals surface area contributed by atoms with Crippen molar-refractivity contribution in [3.63, 3.8) is 0 Å². The number of fused-ring (bicyclic) bond motifs is 1. The summed E-state index contributed by atoms with van der Waals surface area (Å²) < 4.78 is 30.4. The van der Waals surface area contributed by atoms with Gasteiger partial charge in [0.2, 0.25) is 6.23 Å². The number of hydrogen-bond donors (Lipinski definition) is 0. The molecule has 112 valence electrons. The van der Waals surface area contributed by atoms with Crippen LogP contribution < -0.4 is 0 Å². The Balaban J connectivity index is 1.75. The minimum absolute atomic E-state index is 0.00796. The lowest BCUT2D eigenvalue weighted by Crippen LogP contribution is -2.39. The maximum atomic E-state index is 12.7. The lowest BCUT2D eigenvalue weighted by Gasteiger charge is -2.31. The van der Waals surface area contributed by atoms with Gasteiger partial charge in [0.25, 0.3) is 6.43 Å². The summed E-state index contributed by atoms with van der Waals surface area (Å²) in [5.41, 5.74) is 0.753. The topological polar surface area (TPSA) is 51.0 Å². The Labute approximate surface area is 125 Å². The third-order valence-corrected chi connectivity index (χ3v) is 3.94. The molecule has 0 aromatic rings. The molecule has 0 saturated carbocycles. The van der Waals surface area contributed by atoms with E-state index in [-0.39, 0.29) is 5.17 Å². The first-order valence-corrected chi connectivity index (χ1v) is 7.11. The van der Waals surface area contributed by atoms with Crippen LogP contribution in [0.1, 0.15) is 19.3 Å². The molecule has 0 N–H and O–H groups in total. The number of alkyl halides is 2. The molecule has 0 spiro atoms. The Morgan fingerprint density at radius 2 is 2.14 bits per heavy atom. The van der Waals surface area contributed by atoms with Crippen molar-refractivity contribution >= 4 is 28.6 Å². The fourth-order valence-electron chi connectivity index (χ4n) is 2.50. The molecule has 0 bridgehead atoms. The van der Waals surface area contributed by atoms with Crippen molar-refractivity contribution in [2.75, 3.05) is 0 Å². The van der Waals surface area contributed by atoms with Crippen molar-refractivity contribution in [1.82, 2.24) is 0 Å². The molecule has 4 nitrogen and oxygen atoms in total. The molecule has 2 atom stereocenters. The normalized spacial score (nSPS) is 27.8. The maximum Gasteiger partial charge on any atom is 0.332 e. The molecular weight excluding hydrogens is 302 g/mol. The molecule has 3 aliphatic rings. The number of ether oxygens (including phenoxy) is 1. The van der Waals surface area contributed by atoms with Crippen molar-refractivity contribution in [3.8, 4) is 0 Å². The molecule has 2 heterocycles. The highest BCUT2D eigenvalue weighted by molar-refractivity contribution is 6.67. The quantitative estimate of drug-likeness (QED) is 0.578. The highest BCUT2D eigenvalue weighted by Crippen LogP contribution is 2.34. The minimum Gasteiger partial charge on any atom is -0.435 e. The standard InChI is InChI=1S/C14H13ClF2N2O2/c15-11-10-8(3-1-2-7-4-5-7)6-9(20)21-14(10)19-13(18-11)12(16)17/h4-7,10,12,14H,1-3H2. The Morgan fingerprint density at radius 3 is 2.81 bits per heavy atom. The summed E-state index contributed by atoms with van der Waals surface area (Å²) in [6.45, 7) is 0. The van der Waals surface area contributed by atoms with E-state index in [0.29, 0.717) is 12.3 Å². The van der Waals surface area contributed by atoms with Crippen LogP contribution >= 0.6 is 11.6 Å². The van der Waals surface area contributed by atoms with Gasteiger partial charge in [0.1, 0.15) is 5.17 Å². The number of carbonyl (C=O) groups is 1. The molecule has 2 aliphatic heterocycles. The molecule has 21 heavy (non-hydrogen) atoms. The molecule has 0 saturated heterocycles. The Bertz CT molecular complexity index is 578. The summed E-state index contributed by atoms with van der Waals surface area (Å²) in [4.78, 5) is 18.9. The zero-order valence-corrected chi connectivity index (χ0v) is 11.8. The fourth-order valence-corrected chi connectivity index (χ4v) is 2.84. The van der Waals surface area contributed by atoms with Gasteiger partial charge in [0, 0.05) is 6.08 Å². The summed E-state index contributed by atoms with van der Waals surface area (Å²) in [7, 11) is 0. The van der Waals surface area contributed by atoms with Crippen LogP contribution in [0.2, 0.25) is 0 Å². The van der Waals surface area contributed by atoms with Crippen LogP contribution in [-0.4, -0.2) is 29.6 Å². The Kier molecular flexibility index (Phi) is 3.89. The number of esters is 1. The predicted molar refractivity (Wildman–Crippen MR) is 74.7 cm³/mol. The van der Waals surface area contributed by atoms with Gasteiger partial charge in [-0.3, -0.25) is 0 Å². The van der Waals surface area contributed by atoms with Crippen molar-refractivity contribution in [2.45, 2.75) is 31.9 Å². The van der Waals surface area contributed by atoms with E-state index in [4.69, 9.17) is 16.3 Å². The minimum atomic E-state index is -2.84. The molecule has 3 rings (SSSR count). The van der Waals surface area contributed by atoms with Crippen LogP contribution in [0.15, 0.2) is 33.8 Å². The van der Waals surface area contributed by atoms with Gasteiger partial charge in [-0.25, -0.2) is 23.6 Å². The third kappa shape index (κ3) is 3.20. The summed E-state index contributed by atoms with van der Waals surface area (Å²) >= 11 is 6.02. The summed E-state index contributed by atoms with van der Waals surface area (Å²) in [5.74, 6) is -1.23. The smallest absolute Gasteiger partial charge is 0.332 e. The number of amidine groups is 1. The van der Waals surface area contributed by atoms with E-state index in [2.05, 4.69) is 22.1 Å². The fraction of sp³-hybridized carbons (Fsp3) is 0.500. The zero-order valence-electron chi connectivity index (χ0n) is 11.0. The first-order chi connectivity index (χ1) is 10.0. The van der Waals surface area contributed by atoms with Crippen LogP contribution in [0.5, 0.6) is 0 Å². The number of halogens is 3. The number of nitrogens with zero attached hydrogens (tertiary/aromatic N) is 2. The average Bonchev–Trinajstić information content (AvgIpc) is 3.21. The largest absolute Gasteiger partial charge is 0.435 e. The van der Waals surface area contributed by atoms with Gasteiger partial charge in [-0.2, -0.15) is 0 Å². The predicted octanol–water partition coefficient (Wildman–Crippen LogP) is 3.08. The number of allylic oxidation sites excluding steroid dienone is 2. The van der Waals surface area contributed by atoms with E-state index in [9.17, 15) is 13.6 Å². The highest BCUT2D eigenvalue weighted by Gasteiger charge is 2.39. The van der Waals surface area contributed by atoms with Crippen molar-refractivity contribution in [3.05, 3.63) is 23.8 Å². The first-order valence-electron chi connectivity index (χ1n) is 6.74. The number of rotatable bonds is 5. The van der Waals surface area contributed by atoms with Crippen molar-refractivity contribution < 1.29 is 18.3 Å². The molecule has 0 radical (unpaired) electrons. The van der Waals surface area contributed by atoms with E-state index < -0.39 is 30.4 Å². The second-order valence-electron chi connectivity index (χ2n) is 5.19. The number of hydrogen-bond acceptors (Lipinski definition) is 4. The molecule has 0 amide bonds.